The molecule has 0 bridgehead atoms. The number of guanidine groups is 1. The first kappa shape index (κ1) is 17.3. The van der Waals surface area contributed by atoms with Crippen LogP contribution in [0.5, 0.6) is 5.75 Å². The molecule has 1 heterocycles. The number of hydrogen-bond acceptors (Lipinski definition) is 4. The monoisotopic (exact) mass is 403 g/mol. The van der Waals surface area contributed by atoms with Crippen molar-refractivity contribution in [2.24, 2.45) is 10.7 Å². The minimum Gasteiger partial charge on any atom is -0.497 e. The molecule has 114 valence electrons. The van der Waals surface area contributed by atoms with Crippen LogP contribution in [0.15, 0.2) is 52.1 Å². The first-order chi connectivity index (χ1) is 9.69. The van der Waals surface area contributed by atoms with Crippen LogP contribution in [0.2, 0.25) is 0 Å². The molecular weight excluding hydrogens is 385 g/mol. The lowest BCUT2D eigenvalue weighted by atomic mass is 10.3. The summed E-state index contributed by atoms with van der Waals surface area (Å²) >= 11 is 0. The van der Waals surface area contributed by atoms with Crippen LogP contribution in [0.3, 0.4) is 0 Å². The van der Waals surface area contributed by atoms with Gasteiger partial charge in [0.25, 0.3) is 0 Å². The van der Waals surface area contributed by atoms with E-state index < -0.39 is 6.10 Å². The molecule has 0 amide bonds. The fraction of sp³-hybridized carbons (Fsp3) is 0.214. The van der Waals surface area contributed by atoms with E-state index >= 15 is 0 Å². The molecule has 4 N–H and O–H groups in total. The quantitative estimate of drug-likeness (QED) is 0.405. The largest absolute Gasteiger partial charge is 0.497 e. The molecule has 0 saturated heterocycles. The van der Waals surface area contributed by atoms with Crippen LogP contribution in [-0.4, -0.2) is 24.7 Å². The van der Waals surface area contributed by atoms with Gasteiger partial charge in [-0.25, -0.2) is 4.99 Å². The number of ether oxygens (including phenoxy) is 1. The molecule has 0 aliphatic heterocycles. The van der Waals surface area contributed by atoms with Gasteiger partial charge in [0.15, 0.2) is 5.96 Å². The lowest BCUT2D eigenvalue weighted by Crippen LogP contribution is -2.23. The number of furan rings is 1. The maximum atomic E-state index is 9.79. The average molecular weight is 403 g/mol. The average Bonchev–Trinajstić information content (AvgIpc) is 3.00. The zero-order valence-corrected chi connectivity index (χ0v) is 13.9. The number of anilines is 1. The zero-order chi connectivity index (χ0) is 14.4. The molecule has 6 nitrogen and oxygen atoms in total. The Balaban J connectivity index is 0.00000220. The van der Waals surface area contributed by atoms with Gasteiger partial charge in [-0.2, -0.15) is 0 Å². The van der Waals surface area contributed by atoms with Gasteiger partial charge in [0.1, 0.15) is 17.6 Å². The van der Waals surface area contributed by atoms with Gasteiger partial charge < -0.3 is 25.3 Å². The van der Waals surface area contributed by atoms with E-state index in [1.54, 1.807) is 19.2 Å². The number of methoxy groups -OCH3 is 1. The van der Waals surface area contributed by atoms with Crippen LogP contribution in [0.25, 0.3) is 0 Å². The molecule has 2 rings (SSSR count). The Morgan fingerprint density at radius 1 is 1.38 bits per heavy atom. The Labute approximate surface area is 140 Å². The summed E-state index contributed by atoms with van der Waals surface area (Å²) in [7, 11) is 1.61. The third kappa shape index (κ3) is 5.27. The summed E-state index contributed by atoms with van der Waals surface area (Å²) in [5, 5.41) is 12.7. The van der Waals surface area contributed by atoms with Crippen LogP contribution in [0.1, 0.15) is 11.9 Å². The summed E-state index contributed by atoms with van der Waals surface area (Å²) in [6.07, 6.45) is 0.697. The number of halogens is 1. The van der Waals surface area contributed by atoms with Crippen molar-refractivity contribution in [3.63, 3.8) is 0 Å². The van der Waals surface area contributed by atoms with E-state index in [0.717, 1.165) is 11.4 Å². The second kappa shape index (κ2) is 8.53. The Morgan fingerprint density at radius 2 is 2.10 bits per heavy atom. The number of nitrogens with two attached hydrogens (primary N) is 1. The number of nitrogens with one attached hydrogen (secondary N) is 1. The third-order valence-electron chi connectivity index (χ3n) is 2.67. The van der Waals surface area contributed by atoms with Gasteiger partial charge >= 0.3 is 0 Å². The van der Waals surface area contributed by atoms with Crippen molar-refractivity contribution in [2.45, 2.75) is 6.10 Å². The van der Waals surface area contributed by atoms with Gasteiger partial charge in [-0.15, -0.1) is 24.0 Å². The van der Waals surface area contributed by atoms with Crippen LogP contribution in [0, 0.1) is 0 Å². The number of aliphatic imine (C=N–C) groups is 1. The van der Waals surface area contributed by atoms with Gasteiger partial charge in [0.2, 0.25) is 0 Å². The molecule has 0 aliphatic carbocycles. The topological polar surface area (TPSA) is 93.0 Å². The molecule has 7 heteroatoms. The van der Waals surface area contributed by atoms with Crippen molar-refractivity contribution < 1.29 is 14.3 Å². The Kier molecular flexibility index (Phi) is 7.03. The van der Waals surface area contributed by atoms with E-state index in [2.05, 4.69) is 10.3 Å². The molecule has 0 spiro atoms. The Morgan fingerprint density at radius 3 is 2.67 bits per heavy atom. The van der Waals surface area contributed by atoms with Crippen LogP contribution in [0.4, 0.5) is 5.69 Å². The van der Waals surface area contributed by atoms with E-state index in [-0.39, 0.29) is 36.5 Å². The lowest BCUT2D eigenvalue weighted by Gasteiger charge is -2.08. The van der Waals surface area contributed by atoms with E-state index in [0.29, 0.717) is 5.76 Å². The summed E-state index contributed by atoms with van der Waals surface area (Å²) in [4.78, 5) is 4.06. The lowest BCUT2D eigenvalue weighted by molar-refractivity contribution is 0.158. The van der Waals surface area contributed by atoms with Gasteiger partial charge in [0.05, 0.1) is 19.9 Å². The van der Waals surface area contributed by atoms with Crippen molar-refractivity contribution in [1.82, 2.24) is 0 Å². The summed E-state index contributed by atoms with van der Waals surface area (Å²) < 4.78 is 10.1. The van der Waals surface area contributed by atoms with Crippen LogP contribution < -0.4 is 15.8 Å². The minimum absolute atomic E-state index is 0. The predicted molar refractivity (Wildman–Crippen MR) is 92.2 cm³/mol. The maximum Gasteiger partial charge on any atom is 0.193 e. The van der Waals surface area contributed by atoms with Gasteiger partial charge in [-0.1, -0.05) is 0 Å². The van der Waals surface area contributed by atoms with Crippen molar-refractivity contribution in [1.29, 1.82) is 0 Å². The minimum atomic E-state index is -0.804. The molecule has 1 unspecified atom stereocenters. The van der Waals surface area contributed by atoms with Gasteiger partial charge in [-0.3, -0.25) is 0 Å². The molecular formula is C14H18IN3O3. The molecule has 0 aliphatic rings. The fourth-order valence-electron chi connectivity index (χ4n) is 1.62. The standard InChI is InChI=1S/C14H17N3O3.HI/c1-19-11-6-4-10(5-7-11)17-14(15)16-9-12(18)13-3-2-8-20-13;/h2-8,12,18H,9H2,1H3,(H3,15,16,17);1H. The highest BCUT2D eigenvalue weighted by molar-refractivity contribution is 14.0. The SMILES string of the molecule is COc1ccc(NC(N)=NCC(O)c2ccco2)cc1.I. The smallest absolute Gasteiger partial charge is 0.193 e. The van der Waals surface area contributed by atoms with E-state index in [1.165, 1.54) is 6.26 Å². The molecule has 1 aromatic carbocycles. The normalized spacial score (nSPS) is 12.4. The second-order valence-corrected chi connectivity index (χ2v) is 4.11. The first-order valence-electron chi connectivity index (χ1n) is 6.11. The highest BCUT2D eigenvalue weighted by atomic mass is 127. The maximum absolute atomic E-state index is 9.79. The summed E-state index contributed by atoms with van der Waals surface area (Å²) in [6.45, 7) is 0.127. The first-order valence-corrected chi connectivity index (χ1v) is 6.11. The van der Waals surface area contributed by atoms with Crippen LogP contribution in [-0.2, 0) is 0 Å². The number of aliphatic hydroxyl groups excluding tert-OH is 1. The summed E-state index contributed by atoms with van der Waals surface area (Å²) in [5.41, 5.74) is 6.54. The molecule has 2 aromatic rings. The Bertz CT molecular complexity index is 555. The highest BCUT2D eigenvalue weighted by Crippen LogP contribution is 2.15. The second-order valence-electron chi connectivity index (χ2n) is 4.11. The van der Waals surface area contributed by atoms with Crippen molar-refractivity contribution in [3.05, 3.63) is 48.4 Å². The number of hydrogen-bond donors (Lipinski definition) is 3. The highest BCUT2D eigenvalue weighted by Gasteiger charge is 2.09. The van der Waals surface area contributed by atoms with Crippen molar-refractivity contribution in [2.75, 3.05) is 19.0 Å². The van der Waals surface area contributed by atoms with E-state index in [9.17, 15) is 5.11 Å². The van der Waals surface area contributed by atoms with Gasteiger partial charge in [-0.05, 0) is 36.4 Å². The number of aliphatic hydroxyl groups is 1. The predicted octanol–water partition coefficient (Wildman–Crippen LogP) is 2.37. The fourth-order valence-corrected chi connectivity index (χ4v) is 1.62. The molecule has 1 atom stereocenters. The number of benzene rings is 1. The zero-order valence-electron chi connectivity index (χ0n) is 11.5. The molecule has 0 fully saturated rings. The number of nitrogens with zero attached hydrogens (tertiary/aromatic N) is 1. The van der Waals surface area contributed by atoms with Gasteiger partial charge in [0, 0.05) is 5.69 Å². The van der Waals surface area contributed by atoms with E-state index in [1.807, 2.05) is 24.3 Å². The van der Waals surface area contributed by atoms with Crippen molar-refractivity contribution in [3.8, 4) is 5.75 Å². The van der Waals surface area contributed by atoms with E-state index in [4.69, 9.17) is 14.9 Å². The Hall–Kier alpha value is -1.74. The summed E-state index contributed by atoms with van der Waals surface area (Å²) in [5.74, 6) is 1.45. The molecule has 21 heavy (non-hydrogen) atoms. The van der Waals surface area contributed by atoms with Crippen LogP contribution >= 0.6 is 24.0 Å². The molecule has 1 aromatic heterocycles. The third-order valence-corrected chi connectivity index (χ3v) is 2.67. The number of rotatable bonds is 5. The molecule has 0 saturated carbocycles. The molecule has 0 radical (unpaired) electrons. The summed E-state index contributed by atoms with van der Waals surface area (Å²) in [6, 6.07) is 10.7. The van der Waals surface area contributed by atoms with Crippen molar-refractivity contribution >= 4 is 35.6 Å².